The Morgan fingerprint density at radius 1 is 1.12 bits per heavy atom. The Labute approximate surface area is 106 Å². The van der Waals surface area contributed by atoms with Crippen LogP contribution in [0.4, 0.5) is 0 Å². The standard InChI is InChI=1S/C15H28N2/c1-6-7-12(2)16-11-15(8-13(16,3)4)9-14(5)10-17(14)15/h12H,6-11H2,1-5H3. The van der Waals surface area contributed by atoms with Gasteiger partial charge in [0.2, 0.25) is 0 Å². The van der Waals surface area contributed by atoms with Gasteiger partial charge in [0.05, 0.1) is 0 Å². The maximum atomic E-state index is 2.79. The number of likely N-dealkylation sites (tertiary alicyclic amines) is 1. The molecule has 3 heterocycles. The highest BCUT2D eigenvalue weighted by molar-refractivity contribution is 5.30. The average Bonchev–Trinajstić information content (AvgIpc) is 2.65. The van der Waals surface area contributed by atoms with Crippen molar-refractivity contribution in [2.75, 3.05) is 13.1 Å². The molecule has 0 amide bonds. The number of hydrogen-bond donors (Lipinski definition) is 0. The summed E-state index contributed by atoms with van der Waals surface area (Å²) in [6, 6.07) is 0.751. The summed E-state index contributed by atoms with van der Waals surface area (Å²) >= 11 is 0. The summed E-state index contributed by atoms with van der Waals surface area (Å²) in [5, 5.41) is 0. The third-order valence-electron chi connectivity index (χ3n) is 5.57. The van der Waals surface area contributed by atoms with Crippen LogP contribution in [0.3, 0.4) is 0 Å². The van der Waals surface area contributed by atoms with Crippen LogP contribution in [-0.2, 0) is 0 Å². The van der Waals surface area contributed by atoms with Crippen LogP contribution in [-0.4, -0.2) is 45.5 Å². The molecule has 98 valence electrons. The number of fused-ring (bicyclic) bond motifs is 2. The normalized spacial score (nSPS) is 48.9. The van der Waals surface area contributed by atoms with E-state index in [0.717, 1.165) is 6.04 Å². The Morgan fingerprint density at radius 3 is 2.29 bits per heavy atom. The lowest BCUT2D eigenvalue weighted by atomic mass is 9.77. The summed E-state index contributed by atoms with van der Waals surface area (Å²) in [4.78, 5) is 5.55. The first kappa shape index (κ1) is 12.0. The second kappa shape index (κ2) is 3.27. The van der Waals surface area contributed by atoms with Gasteiger partial charge in [-0.05, 0) is 47.0 Å². The van der Waals surface area contributed by atoms with Gasteiger partial charge < -0.3 is 0 Å². The van der Waals surface area contributed by atoms with Crippen molar-refractivity contribution in [3.8, 4) is 0 Å². The van der Waals surface area contributed by atoms with Gasteiger partial charge in [-0.3, -0.25) is 9.80 Å². The molecule has 2 heteroatoms. The van der Waals surface area contributed by atoms with E-state index in [9.17, 15) is 0 Å². The number of nitrogens with zero attached hydrogens (tertiary/aromatic N) is 2. The van der Waals surface area contributed by atoms with E-state index in [4.69, 9.17) is 0 Å². The highest BCUT2D eigenvalue weighted by Gasteiger charge is 2.73. The molecular weight excluding hydrogens is 208 g/mol. The van der Waals surface area contributed by atoms with E-state index in [1.165, 1.54) is 38.8 Å². The van der Waals surface area contributed by atoms with Crippen LogP contribution in [0.2, 0.25) is 0 Å². The van der Waals surface area contributed by atoms with Crippen molar-refractivity contribution in [2.24, 2.45) is 0 Å². The minimum Gasteiger partial charge on any atom is -0.294 e. The lowest BCUT2D eigenvalue weighted by molar-refractivity contribution is 0.0591. The fraction of sp³-hybridized carbons (Fsp3) is 1.00. The van der Waals surface area contributed by atoms with Crippen molar-refractivity contribution in [3.63, 3.8) is 0 Å². The Hall–Kier alpha value is -0.0800. The van der Waals surface area contributed by atoms with Gasteiger partial charge >= 0.3 is 0 Å². The van der Waals surface area contributed by atoms with Crippen molar-refractivity contribution in [2.45, 2.75) is 83.0 Å². The summed E-state index contributed by atoms with van der Waals surface area (Å²) in [6.07, 6.45) is 5.47. The summed E-state index contributed by atoms with van der Waals surface area (Å²) in [5.41, 5.74) is 1.57. The van der Waals surface area contributed by atoms with Crippen LogP contribution < -0.4 is 0 Å². The van der Waals surface area contributed by atoms with Crippen LogP contribution in [0.5, 0.6) is 0 Å². The van der Waals surface area contributed by atoms with E-state index >= 15 is 0 Å². The van der Waals surface area contributed by atoms with E-state index in [-0.39, 0.29) is 0 Å². The Kier molecular flexibility index (Phi) is 2.30. The molecule has 0 N–H and O–H groups in total. The van der Waals surface area contributed by atoms with Gasteiger partial charge in [-0.25, -0.2) is 0 Å². The molecule has 3 rings (SSSR count). The highest BCUT2D eigenvalue weighted by atomic mass is 15.5. The molecule has 2 nitrogen and oxygen atoms in total. The van der Waals surface area contributed by atoms with Gasteiger partial charge in [-0.15, -0.1) is 0 Å². The van der Waals surface area contributed by atoms with E-state index in [2.05, 4.69) is 44.4 Å². The number of rotatable bonds is 3. The molecular formula is C15H28N2. The monoisotopic (exact) mass is 236 g/mol. The molecule has 3 aliphatic rings. The molecule has 4 unspecified atom stereocenters. The van der Waals surface area contributed by atoms with Crippen molar-refractivity contribution < 1.29 is 0 Å². The first-order valence-corrected chi connectivity index (χ1v) is 7.38. The molecule has 1 spiro atoms. The predicted octanol–water partition coefficient (Wildman–Crippen LogP) is 2.88. The minimum atomic E-state index is 0.401. The lowest BCUT2D eigenvalue weighted by Crippen LogP contribution is -2.55. The SMILES string of the molecule is CCCC(C)N1CC2(CC1(C)C)CC1(C)CN12. The molecule has 3 saturated heterocycles. The maximum absolute atomic E-state index is 2.79. The Bertz CT molecular complexity index is 338. The van der Waals surface area contributed by atoms with Crippen molar-refractivity contribution in [3.05, 3.63) is 0 Å². The quantitative estimate of drug-likeness (QED) is 0.695. The van der Waals surface area contributed by atoms with E-state index in [1.54, 1.807) is 0 Å². The molecule has 17 heavy (non-hydrogen) atoms. The molecule has 3 aliphatic heterocycles. The van der Waals surface area contributed by atoms with Gasteiger partial charge in [0.1, 0.15) is 0 Å². The molecule has 0 radical (unpaired) electrons. The van der Waals surface area contributed by atoms with Gasteiger partial charge in [0.15, 0.2) is 0 Å². The maximum Gasteiger partial charge on any atom is 0.0378 e. The zero-order chi connectivity index (χ0) is 12.5. The first-order valence-electron chi connectivity index (χ1n) is 7.38. The molecule has 0 bridgehead atoms. The Balaban J connectivity index is 1.74. The van der Waals surface area contributed by atoms with Crippen LogP contribution >= 0.6 is 0 Å². The van der Waals surface area contributed by atoms with Crippen LogP contribution in [0, 0.1) is 0 Å². The second-order valence-electron chi connectivity index (χ2n) is 7.74. The molecule has 4 atom stereocenters. The lowest BCUT2D eigenvalue weighted by Gasteiger charge is -2.45. The Morgan fingerprint density at radius 2 is 1.82 bits per heavy atom. The third kappa shape index (κ3) is 1.53. The molecule has 0 aromatic heterocycles. The third-order valence-corrected chi connectivity index (χ3v) is 5.57. The van der Waals surface area contributed by atoms with Gasteiger partial charge in [0.25, 0.3) is 0 Å². The van der Waals surface area contributed by atoms with Crippen molar-refractivity contribution >= 4 is 0 Å². The smallest absolute Gasteiger partial charge is 0.0378 e. The average molecular weight is 236 g/mol. The summed E-state index contributed by atoms with van der Waals surface area (Å²) in [7, 11) is 0. The summed E-state index contributed by atoms with van der Waals surface area (Å²) in [5.74, 6) is 0. The van der Waals surface area contributed by atoms with E-state index in [1.807, 2.05) is 0 Å². The fourth-order valence-corrected chi connectivity index (χ4v) is 5.03. The molecule has 3 fully saturated rings. The summed E-state index contributed by atoms with van der Waals surface area (Å²) in [6.45, 7) is 14.7. The van der Waals surface area contributed by atoms with Gasteiger partial charge in [-0.2, -0.15) is 0 Å². The molecule has 0 aromatic carbocycles. The van der Waals surface area contributed by atoms with Gasteiger partial charge in [-0.1, -0.05) is 13.3 Å². The fourth-order valence-electron chi connectivity index (χ4n) is 5.03. The highest BCUT2D eigenvalue weighted by Crippen LogP contribution is 2.62. The van der Waals surface area contributed by atoms with Crippen LogP contribution in [0.15, 0.2) is 0 Å². The topological polar surface area (TPSA) is 6.25 Å². The van der Waals surface area contributed by atoms with Gasteiger partial charge in [0, 0.05) is 35.7 Å². The molecule has 0 aromatic rings. The van der Waals surface area contributed by atoms with E-state index in [0.29, 0.717) is 16.6 Å². The minimum absolute atomic E-state index is 0.401. The van der Waals surface area contributed by atoms with Crippen molar-refractivity contribution in [1.29, 1.82) is 0 Å². The zero-order valence-corrected chi connectivity index (χ0v) is 12.2. The van der Waals surface area contributed by atoms with Crippen molar-refractivity contribution in [1.82, 2.24) is 9.80 Å². The summed E-state index contributed by atoms with van der Waals surface area (Å²) < 4.78 is 0. The predicted molar refractivity (Wildman–Crippen MR) is 72.2 cm³/mol. The number of hydrogen-bond acceptors (Lipinski definition) is 2. The van der Waals surface area contributed by atoms with Crippen LogP contribution in [0.1, 0.15) is 60.3 Å². The van der Waals surface area contributed by atoms with E-state index < -0.39 is 0 Å². The van der Waals surface area contributed by atoms with Crippen LogP contribution in [0.25, 0.3) is 0 Å². The largest absolute Gasteiger partial charge is 0.294 e. The first-order chi connectivity index (χ1) is 7.83. The molecule has 0 aliphatic carbocycles. The zero-order valence-electron chi connectivity index (χ0n) is 12.2. The molecule has 0 saturated carbocycles. The second-order valence-corrected chi connectivity index (χ2v) is 7.74.